The number of nitrogen functional groups attached to an aromatic ring is 6. The van der Waals surface area contributed by atoms with E-state index in [1.807, 2.05) is 188 Å². The van der Waals surface area contributed by atoms with E-state index >= 15 is 0 Å². The Kier molecular flexibility index (Phi) is 37.6. The van der Waals surface area contributed by atoms with Crippen LogP contribution in [0.2, 0.25) is 5.15 Å². The zero-order valence-corrected chi connectivity index (χ0v) is 90.8. The molecule has 4 amide bonds. The van der Waals surface area contributed by atoms with Crippen LogP contribution in [0, 0.1) is 20.8 Å². The van der Waals surface area contributed by atoms with Gasteiger partial charge in [-0.15, -0.1) is 0 Å². The van der Waals surface area contributed by atoms with Crippen molar-refractivity contribution in [2.45, 2.75) is 284 Å². The molecule has 0 aliphatic heterocycles. The number of primary amides is 2. The lowest BCUT2D eigenvalue weighted by Gasteiger charge is -2.23. The molecule has 0 unspecified atom stereocenters. The maximum absolute atomic E-state index is 11.7. The second kappa shape index (κ2) is 46.3. The summed E-state index contributed by atoms with van der Waals surface area (Å²) in [6, 6.07) is 5.00. The molecule has 15 rings (SSSR count). The number of hydrogen-bond donors (Lipinski definition) is 13. The van der Waals surface area contributed by atoms with Crippen LogP contribution < -0.4 is 85.0 Å². The highest BCUT2D eigenvalue weighted by atomic mass is 35.5. The molecule has 0 saturated carbocycles. The molecule has 52 nitrogen and oxygen atoms in total. The van der Waals surface area contributed by atoms with Gasteiger partial charge in [0, 0.05) is 74.0 Å². The van der Waals surface area contributed by atoms with E-state index in [0.29, 0.717) is 61.8 Å². The first-order valence-corrected chi connectivity index (χ1v) is 46.0. The van der Waals surface area contributed by atoms with Crippen molar-refractivity contribution < 1.29 is 38.2 Å². The molecule has 0 aromatic carbocycles. The Morgan fingerprint density at radius 3 is 1.11 bits per heavy atom. The number of esters is 2. The topological polar surface area (TPSA) is 741 Å². The first-order valence-electron chi connectivity index (χ1n) is 45.6. The van der Waals surface area contributed by atoms with E-state index in [9.17, 15) is 52.7 Å². The molecule has 53 heteroatoms. The third kappa shape index (κ3) is 30.3. The number of methoxy groups -OCH3 is 2. The maximum atomic E-state index is 11.7. The smallest absolute Gasteiger partial charge is 0.359 e. The number of nitrogens with one attached hydrogen (secondary N) is 5. The van der Waals surface area contributed by atoms with Gasteiger partial charge in [0.05, 0.1) is 70.5 Å². The minimum Gasteiger partial charge on any atom is -0.464 e. The van der Waals surface area contributed by atoms with E-state index in [2.05, 4.69) is 167 Å². The fraction of sp³-hybridized carbons (Fsp3) is 0.479. The van der Waals surface area contributed by atoms with Crippen LogP contribution in [-0.2, 0) is 64.9 Å². The molecule has 0 spiro atoms. The van der Waals surface area contributed by atoms with Crippen LogP contribution in [0.5, 0.6) is 0 Å². The molecular weight excluding hydrogens is 1920 g/mol. The number of hydrazine groups is 2. The summed E-state index contributed by atoms with van der Waals surface area (Å²) in [5.41, 5.74) is 39.6. The van der Waals surface area contributed by atoms with Gasteiger partial charge >= 0.3 is 23.3 Å². The van der Waals surface area contributed by atoms with Gasteiger partial charge in [-0.3, -0.25) is 63.7 Å². The highest BCUT2D eigenvalue weighted by molar-refractivity contribution is 6.33. The summed E-state index contributed by atoms with van der Waals surface area (Å²) < 4.78 is 26.6. The van der Waals surface area contributed by atoms with E-state index in [0.717, 1.165) is 22.5 Å². The molecule has 15 aromatic heterocycles. The zero-order valence-electron chi connectivity index (χ0n) is 90.0. The number of aryl methyl sites for hydroxylation is 3. The van der Waals surface area contributed by atoms with Gasteiger partial charge in [-0.2, -0.15) is 9.97 Å². The predicted octanol–water partition coefficient (Wildman–Crippen LogP) is 8.19. The molecule has 0 atom stereocenters. The van der Waals surface area contributed by atoms with Gasteiger partial charge in [-0.05, 0) is 247 Å². The molecule has 147 heavy (non-hydrogen) atoms. The maximum Gasteiger partial charge on any atom is 0.359 e. The minimum absolute atomic E-state index is 0.0183. The summed E-state index contributed by atoms with van der Waals surface area (Å²) in [5, 5.41) is 4.94. The van der Waals surface area contributed by atoms with Gasteiger partial charge < -0.3 is 85.4 Å². The lowest BCUT2D eigenvalue weighted by Crippen LogP contribution is -2.38. The Bertz CT molecular complexity index is 7310. The number of aromatic nitrogens is 29. The number of nitrogens with two attached hydrogens (primary N) is 8. The number of pyridine rings is 1. The quantitative estimate of drug-likeness (QED) is 0.0245. The summed E-state index contributed by atoms with van der Waals surface area (Å²) in [6.45, 7) is 64.8. The molecule has 0 radical (unpaired) electrons. The minimum atomic E-state index is -0.758. The molecule has 15 aromatic rings. The Morgan fingerprint density at radius 2 is 0.694 bits per heavy atom. The van der Waals surface area contributed by atoms with Crippen molar-refractivity contribution in [1.29, 1.82) is 0 Å². The lowest BCUT2D eigenvalue weighted by atomic mass is 10.1. The number of imidazole rings is 8. The summed E-state index contributed by atoms with van der Waals surface area (Å²) in [5.74, 6) is 9.04. The monoisotopic (exact) mass is 2060 g/mol. The van der Waals surface area contributed by atoms with Crippen LogP contribution in [0.15, 0.2) is 111 Å². The van der Waals surface area contributed by atoms with Gasteiger partial charge in [0.1, 0.15) is 62.6 Å². The molecule has 796 valence electrons. The predicted molar refractivity (Wildman–Crippen MR) is 561 cm³/mol. The van der Waals surface area contributed by atoms with Gasteiger partial charge in [0.2, 0.25) is 0 Å². The number of carbonyl (C=O) groups excluding carboxylic acids is 6. The number of amides is 4. The number of rotatable bonds is 6. The summed E-state index contributed by atoms with van der Waals surface area (Å²) >= 11 is 6.00. The summed E-state index contributed by atoms with van der Waals surface area (Å²) in [4.78, 5) is 193. The largest absolute Gasteiger partial charge is 0.464 e. The third-order valence-electron chi connectivity index (χ3n) is 20.6. The number of hydrogen-bond acceptors (Lipinski definition) is 35. The fourth-order valence-electron chi connectivity index (χ4n) is 13.3. The molecule has 0 bridgehead atoms. The second-order valence-electron chi connectivity index (χ2n) is 42.9. The number of nitrogens with zero attached hydrogens (tertiary/aromatic N) is 26. The van der Waals surface area contributed by atoms with Crippen molar-refractivity contribution in [3.8, 4) is 0 Å². The Morgan fingerprint density at radius 1 is 0.340 bits per heavy atom. The van der Waals surface area contributed by atoms with Gasteiger partial charge in [-0.1, -0.05) is 11.6 Å². The van der Waals surface area contributed by atoms with Crippen LogP contribution in [0.25, 0.3) is 55.7 Å². The average Bonchev–Trinajstić information content (AvgIpc) is 1.61. The number of aromatic amines is 3. The van der Waals surface area contributed by atoms with Crippen molar-refractivity contribution in [2.24, 2.45) is 23.2 Å². The van der Waals surface area contributed by atoms with E-state index in [1.54, 1.807) is 91.9 Å². The van der Waals surface area contributed by atoms with Crippen LogP contribution in [-0.4, -0.2) is 190 Å². The van der Waals surface area contributed by atoms with Crippen LogP contribution >= 0.6 is 11.6 Å². The van der Waals surface area contributed by atoms with Crippen LogP contribution in [0.1, 0.15) is 288 Å². The third-order valence-corrected chi connectivity index (χ3v) is 20.8. The number of fused-ring (bicyclic) bond motifs is 5. The first-order chi connectivity index (χ1) is 67.3. The number of anilines is 4. The molecule has 21 N–H and O–H groups in total. The molecule has 0 saturated heterocycles. The molecule has 0 aliphatic carbocycles. The number of H-pyrrole nitrogens is 3. The zero-order chi connectivity index (χ0) is 112. The molecular formula is C94H140ClN39O13. The lowest BCUT2D eigenvalue weighted by molar-refractivity contribution is 0.0539. The van der Waals surface area contributed by atoms with E-state index in [1.165, 1.54) is 44.1 Å². The normalized spacial score (nSPS) is 11.8. The molecule has 0 aliphatic rings. The van der Waals surface area contributed by atoms with Crippen molar-refractivity contribution in [1.82, 2.24) is 151 Å². The molecule has 15 heterocycles. The van der Waals surface area contributed by atoms with E-state index in [-0.39, 0.29) is 129 Å². The van der Waals surface area contributed by atoms with E-state index < -0.39 is 41.1 Å². The van der Waals surface area contributed by atoms with Crippen molar-refractivity contribution in [2.75, 3.05) is 37.2 Å². The highest BCUT2D eigenvalue weighted by Crippen LogP contribution is 2.30. The van der Waals surface area contributed by atoms with Crippen LogP contribution in [0.4, 0.5) is 23.1 Å². The van der Waals surface area contributed by atoms with Crippen LogP contribution in [0.3, 0.4) is 0 Å². The van der Waals surface area contributed by atoms with Crippen molar-refractivity contribution in [3.05, 3.63) is 196 Å². The Hall–Kier alpha value is -16.2. The fourth-order valence-corrected chi connectivity index (χ4v) is 13.5. The average molecular weight is 2060 g/mol. The summed E-state index contributed by atoms with van der Waals surface area (Å²) in [7, 11) is 2.49. The first kappa shape index (κ1) is 120. The van der Waals surface area contributed by atoms with E-state index in [4.69, 9.17) is 57.7 Å². The highest BCUT2D eigenvalue weighted by Gasteiger charge is 2.33. The molecule has 0 fully saturated rings. The van der Waals surface area contributed by atoms with Gasteiger partial charge in [0.25, 0.3) is 40.3 Å². The van der Waals surface area contributed by atoms with Crippen molar-refractivity contribution in [3.63, 3.8) is 0 Å². The number of ether oxygens (including phenoxy) is 2. The standard InChI is InChI=1S/C11H16N2O4.C10H13ClN4.C10H15N5.C10H14N4O.C10H14N4.C9H16N6O2.C9H12N4O2.C9H14N4O2.2C8H13N3O/c1-11(2,3)13-6-12-7(9(14)16-4)8(13)10(15)17-5;2*1-6-13-8(11)7-9(14-6)15(5-12-7)10(2,3)4;1-6-12-8-7(9(15)13-6)11-5-14(8)10(2,3)4;1-10(2,3)14-6-13-8-7(11)4-5-12-9(8)14;1-9(2,3)15-4-12-5(7(16)13-10)6(15)8(17)14-11;1-9(2,3)13-4-10-5-6(13)8(15)12-11-7(5)14;1-9(2,3)13-4-12-5(7(10)14)6(13)8(11)15;2*1-8(2,3)11-5-4-6(9)10-7(11)12/h6H,1-5H3;5H,1-4H3;5H,1-4H3,(H2,11,13,14);5H,1-4H3,(H,12,13,15);4-6H,1-3H3,(H2,11,12);4H,10-11H2,1-3H3,(H,13,16)(H,14,17);4H,1-3H3,(H,11,14)(H,12,15);4H,1-3H3,(H2,10,14)(H2,11,15);2*4-5H,1-3H3,(H2,9,10,12). The SMILES string of the molecule is CC(C)(C)n1ccc(N)nc1=O.CC(C)(C)n1ccc(N)nc1=O.CC(C)(C)n1cnc(C(=O)NN)c1C(=O)NN.CC(C)(C)n1cnc(C(N)=O)c1C(N)=O.CC(C)(C)n1cnc2c(=O)[nH][nH]c(=O)c21.CC(C)(C)n1cnc2c(N)ccnc21.COC(=O)c1ncn(C(C)(C)C)c1C(=O)OC.Cc1nc(Cl)c2ncn(C(C)(C)C)c2n1.Cc1nc(N)c2ncn(C(C)(C)C)c2n1.Cc1nc2c(ncn2C(C)(C)C)c(=O)[nH]1. The summed E-state index contributed by atoms with van der Waals surface area (Å²) in [6.07, 6.45) is 17.7. The second-order valence-corrected chi connectivity index (χ2v) is 43.3. The Labute approximate surface area is 851 Å². The number of carbonyl (C=O) groups is 6. The number of halogens is 1. The van der Waals surface area contributed by atoms with Gasteiger partial charge in [-0.25, -0.2) is 101 Å². The Balaban J connectivity index is 0.000000250. The van der Waals surface area contributed by atoms with Crippen molar-refractivity contribution >= 4 is 126 Å². The van der Waals surface area contributed by atoms with Gasteiger partial charge in [0.15, 0.2) is 67.4 Å².